The molecule has 0 N–H and O–H groups in total. The first-order valence-corrected chi connectivity index (χ1v) is 9.45. The van der Waals surface area contributed by atoms with Crippen LogP contribution in [0.4, 0.5) is 10.1 Å². The predicted octanol–water partition coefficient (Wildman–Crippen LogP) is 3.54. The smallest absolute Gasteiger partial charge is 0.319 e. The molecule has 4 nitrogen and oxygen atoms in total. The van der Waals surface area contributed by atoms with Crippen molar-refractivity contribution in [2.45, 2.75) is 37.9 Å². The van der Waals surface area contributed by atoms with Crippen LogP contribution in [0.1, 0.15) is 31.7 Å². The molecule has 2 saturated heterocycles. The molecule has 1 aromatic rings. The molecule has 5 atom stereocenters. The van der Waals surface area contributed by atoms with Gasteiger partial charge in [0.2, 0.25) is 0 Å². The van der Waals surface area contributed by atoms with E-state index in [0.717, 1.165) is 13.0 Å². The number of hydrogen-bond acceptors (Lipinski definition) is 4. The van der Waals surface area contributed by atoms with Gasteiger partial charge >= 0.3 is 5.97 Å². The summed E-state index contributed by atoms with van der Waals surface area (Å²) in [6.07, 6.45) is 4.08. The average molecular weight is 354 g/mol. The summed E-state index contributed by atoms with van der Waals surface area (Å²) in [5.74, 6) is -0.102. The second kappa shape index (κ2) is 5.26. The van der Waals surface area contributed by atoms with Gasteiger partial charge in [0.25, 0.3) is 0 Å². The SMILES string of the molecule is CCC1=C[C@@H]2CN3CCC4(F)C(=Nc5ccccc54)[C@@](C(=O)OC)(C2)[C@@H]13. The van der Waals surface area contributed by atoms with E-state index in [1.54, 1.807) is 0 Å². The maximum Gasteiger partial charge on any atom is 0.319 e. The molecule has 0 aromatic heterocycles. The third-order valence-corrected chi connectivity index (χ3v) is 6.75. The summed E-state index contributed by atoms with van der Waals surface area (Å²) in [4.78, 5) is 20.3. The molecule has 4 bridgehead atoms. The normalized spacial score (nSPS) is 39.4. The Balaban J connectivity index is 1.79. The van der Waals surface area contributed by atoms with Crippen LogP contribution in [0.2, 0.25) is 0 Å². The Morgan fingerprint density at radius 1 is 1.42 bits per heavy atom. The Morgan fingerprint density at radius 2 is 2.23 bits per heavy atom. The summed E-state index contributed by atoms with van der Waals surface area (Å²) in [6.45, 7) is 3.62. The molecule has 0 radical (unpaired) electrons. The molecule has 0 spiro atoms. The fraction of sp³-hybridized carbons (Fsp3) is 0.524. The Morgan fingerprint density at radius 3 is 3.00 bits per heavy atom. The second-order valence-electron chi connectivity index (χ2n) is 7.95. The van der Waals surface area contributed by atoms with Crippen molar-refractivity contribution in [2.75, 3.05) is 20.2 Å². The quantitative estimate of drug-likeness (QED) is 0.603. The maximum absolute atomic E-state index is 16.6. The van der Waals surface area contributed by atoms with Crippen molar-refractivity contribution >= 4 is 17.4 Å². The highest BCUT2D eigenvalue weighted by atomic mass is 19.1. The first kappa shape index (κ1) is 16.2. The van der Waals surface area contributed by atoms with Crippen molar-refractivity contribution in [2.24, 2.45) is 16.3 Å². The molecule has 5 heteroatoms. The van der Waals surface area contributed by atoms with E-state index in [4.69, 9.17) is 9.73 Å². The molecular formula is C21H23FN2O2. The number of hydrogen-bond donors (Lipinski definition) is 0. The molecule has 6 rings (SSSR count). The number of carbonyl (C=O) groups excluding carboxylic acids is 1. The summed E-state index contributed by atoms with van der Waals surface area (Å²) in [6, 6.07) is 7.24. The Hall–Kier alpha value is -2.01. The lowest BCUT2D eigenvalue weighted by Gasteiger charge is -2.54. The van der Waals surface area contributed by atoms with Crippen LogP contribution in [0.3, 0.4) is 0 Å². The number of para-hydroxylation sites is 1. The lowest BCUT2D eigenvalue weighted by molar-refractivity contribution is -0.155. The first-order chi connectivity index (χ1) is 12.5. The summed E-state index contributed by atoms with van der Waals surface area (Å²) in [5.41, 5.74) is 0.149. The maximum atomic E-state index is 16.6. The number of esters is 1. The molecule has 2 fully saturated rings. The molecule has 26 heavy (non-hydrogen) atoms. The number of aliphatic imine (C=N–C) groups is 1. The van der Waals surface area contributed by atoms with Crippen LogP contribution in [0, 0.1) is 11.3 Å². The number of fused-ring (bicyclic) bond motifs is 3. The number of carbonyl (C=O) groups is 1. The molecule has 4 aliphatic heterocycles. The van der Waals surface area contributed by atoms with Gasteiger partial charge in [0.1, 0.15) is 5.41 Å². The number of nitrogens with zero attached hydrogens (tertiary/aromatic N) is 2. The van der Waals surface area contributed by atoms with Crippen LogP contribution in [0.25, 0.3) is 0 Å². The van der Waals surface area contributed by atoms with Crippen LogP contribution in [0.15, 0.2) is 40.9 Å². The van der Waals surface area contributed by atoms with Gasteiger partial charge < -0.3 is 4.74 Å². The molecule has 0 saturated carbocycles. The van der Waals surface area contributed by atoms with E-state index in [1.165, 1.54) is 12.7 Å². The third-order valence-electron chi connectivity index (χ3n) is 6.75. The highest BCUT2D eigenvalue weighted by Gasteiger charge is 2.67. The van der Waals surface area contributed by atoms with Crippen LogP contribution >= 0.6 is 0 Å². The largest absolute Gasteiger partial charge is 0.468 e. The van der Waals surface area contributed by atoms with Crippen molar-refractivity contribution in [3.63, 3.8) is 0 Å². The van der Waals surface area contributed by atoms with Gasteiger partial charge in [-0.3, -0.25) is 14.7 Å². The molecule has 0 amide bonds. The zero-order valence-electron chi connectivity index (χ0n) is 15.2. The zero-order chi connectivity index (χ0) is 18.1. The van der Waals surface area contributed by atoms with Crippen molar-refractivity contribution in [1.82, 2.24) is 4.90 Å². The summed E-state index contributed by atoms with van der Waals surface area (Å²) < 4.78 is 21.8. The monoisotopic (exact) mass is 354 g/mol. The van der Waals surface area contributed by atoms with Crippen molar-refractivity contribution < 1.29 is 13.9 Å². The average Bonchev–Trinajstić information content (AvgIpc) is 2.95. The molecule has 1 aliphatic carbocycles. The third kappa shape index (κ3) is 1.77. The van der Waals surface area contributed by atoms with Gasteiger partial charge in [-0.15, -0.1) is 0 Å². The van der Waals surface area contributed by atoms with E-state index >= 15 is 4.39 Å². The lowest BCUT2D eigenvalue weighted by Crippen LogP contribution is -2.64. The molecule has 1 aromatic carbocycles. The van der Waals surface area contributed by atoms with E-state index in [1.807, 2.05) is 24.3 Å². The van der Waals surface area contributed by atoms with Crippen LogP contribution in [-0.4, -0.2) is 42.8 Å². The number of alkyl halides is 1. The minimum absolute atomic E-state index is 0.143. The van der Waals surface area contributed by atoms with Gasteiger partial charge in [-0.2, -0.15) is 0 Å². The highest BCUT2D eigenvalue weighted by molar-refractivity contribution is 6.16. The molecule has 4 heterocycles. The zero-order valence-corrected chi connectivity index (χ0v) is 15.2. The van der Waals surface area contributed by atoms with Gasteiger partial charge in [0, 0.05) is 25.1 Å². The number of piperidine rings is 1. The summed E-state index contributed by atoms with van der Waals surface area (Å²) in [5, 5.41) is 0. The molecule has 2 unspecified atom stereocenters. The summed E-state index contributed by atoms with van der Waals surface area (Å²) >= 11 is 0. The van der Waals surface area contributed by atoms with Crippen LogP contribution in [0.5, 0.6) is 0 Å². The van der Waals surface area contributed by atoms with Crippen LogP contribution < -0.4 is 0 Å². The van der Waals surface area contributed by atoms with Crippen molar-refractivity contribution in [3.8, 4) is 0 Å². The highest BCUT2D eigenvalue weighted by Crippen LogP contribution is 2.59. The first-order valence-electron chi connectivity index (χ1n) is 9.45. The van der Waals surface area contributed by atoms with Gasteiger partial charge in [-0.1, -0.05) is 36.8 Å². The van der Waals surface area contributed by atoms with E-state index in [0.29, 0.717) is 36.3 Å². The Kier molecular flexibility index (Phi) is 3.27. The molecule has 5 aliphatic rings. The molecule has 136 valence electrons. The fourth-order valence-electron chi connectivity index (χ4n) is 5.84. The predicted molar refractivity (Wildman–Crippen MR) is 97.2 cm³/mol. The van der Waals surface area contributed by atoms with Crippen LogP contribution in [-0.2, 0) is 15.2 Å². The van der Waals surface area contributed by atoms with E-state index in [2.05, 4.69) is 17.9 Å². The van der Waals surface area contributed by atoms with Gasteiger partial charge in [0.05, 0.1) is 24.6 Å². The second-order valence-corrected chi connectivity index (χ2v) is 7.95. The fourth-order valence-corrected chi connectivity index (χ4v) is 5.84. The Bertz CT molecular complexity index is 863. The van der Waals surface area contributed by atoms with Crippen molar-refractivity contribution in [3.05, 3.63) is 41.5 Å². The van der Waals surface area contributed by atoms with Gasteiger partial charge in [-0.25, -0.2) is 4.39 Å². The van der Waals surface area contributed by atoms with E-state index in [9.17, 15) is 4.79 Å². The van der Waals surface area contributed by atoms with Crippen molar-refractivity contribution in [1.29, 1.82) is 0 Å². The number of benzene rings is 1. The number of halogens is 1. The number of methoxy groups -OCH3 is 1. The molecular weight excluding hydrogens is 331 g/mol. The summed E-state index contributed by atoms with van der Waals surface area (Å²) in [7, 11) is 1.41. The van der Waals surface area contributed by atoms with Gasteiger partial charge in [-0.05, 0) is 24.8 Å². The van der Waals surface area contributed by atoms with E-state index in [-0.39, 0.29) is 17.9 Å². The standard InChI is InChI=1S/C21H23FN2O2/c1-3-14-10-13-11-20(19(25)26-2)17(14)24(12-13)9-8-21(22)15-6-4-5-7-16(15)23-18(20)21/h4-7,10,13,17H,3,8-9,11-12H2,1-2H3/t13-,17+,20+,21?/m0/s1. The Labute approximate surface area is 152 Å². The minimum atomic E-state index is -1.69. The van der Waals surface area contributed by atoms with E-state index < -0.39 is 11.1 Å². The van der Waals surface area contributed by atoms with Gasteiger partial charge in [0.15, 0.2) is 5.67 Å². The number of ether oxygens (including phenoxy) is 1. The number of rotatable bonds is 2. The topological polar surface area (TPSA) is 41.9 Å². The minimum Gasteiger partial charge on any atom is -0.468 e. The lowest BCUT2D eigenvalue weighted by atomic mass is 9.58.